The van der Waals surface area contributed by atoms with Crippen LogP contribution in [0.4, 0.5) is 17.1 Å². The van der Waals surface area contributed by atoms with Gasteiger partial charge in [-0.3, -0.25) is 14.4 Å². The molecule has 1 aliphatic rings. The number of hydrogen-bond donors (Lipinski definition) is 2. The Morgan fingerprint density at radius 2 is 1.63 bits per heavy atom. The predicted molar refractivity (Wildman–Crippen MR) is 194 cm³/mol. The zero-order valence-corrected chi connectivity index (χ0v) is 29.9. The number of likely N-dealkylation sites (N-methyl/N-ethyl adjacent to an activating group) is 1. The first kappa shape index (κ1) is 37.4. The molecule has 9 nitrogen and oxygen atoms in total. The van der Waals surface area contributed by atoms with E-state index in [0.717, 1.165) is 59.7 Å². The molecular formula is C40H52N4O5. The predicted octanol–water partition coefficient (Wildman–Crippen LogP) is 8.65. The van der Waals surface area contributed by atoms with Crippen LogP contribution in [0.15, 0.2) is 77.0 Å². The van der Waals surface area contributed by atoms with Crippen LogP contribution >= 0.6 is 0 Å². The first-order valence-electron chi connectivity index (χ1n) is 17.5. The van der Waals surface area contributed by atoms with Crippen LogP contribution in [0, 0.1) is 24.2 Å². The molecular weight excluding hydrogens is 616 g/mol. The van der Waals surface area contributed by atoms with Crippen LogP contribution in [0.5, 0.6) is 5.75 Å². The Balaban J connectivity index is 1.56. The van der Waals surface area contributed by atoms with Gasteiger partial charge in [0.1, 0.15) is 11.9 Å². The van der Waals surface area contributed by atoms with Gasteiger partial charge in [-0.05, 0) is 105 Å². The standard InChI is InChI=1S/C40H52N4O5/c1-7-40(3,4)38(46)37(45)33-13-8-9-14-34(33)39(47)49-35(22-17-28-16-15-27(2)36(25-28)48-6)29-11-10-12-32(26-29)44-43-31-20-18-30(19-21-31)42-24-23-41-5/h10-12,15-16,18-21,25-26,33-35,41-42H,7-9,13-14,17,22-24H2,1-6H3/t33?,34-,35-/m1/s1. The third-order valence-corrected chi connectivity index (χ3v) is 9.65. The van der Waals surface area contributed by atoms with Crippen molar-refractivity contribution >= 4 is 34.6 Å². The van der Waals surface area contributed by atoms with E-state index in [1.807, 2.05) is 81.6 Å². The molecule has 0 radical (unpaired) electrons. The highest BCUT2D eigenvalue weighted by Crippen LogP contribution is 2.37. The summed E-state index contributed by atoms with van der Waals surface area (Å²) >= 11 is 0. The molecule has 3 atom stereocenters. The number of methoxy groups -OCH3 is 1. The Morgan fingerprint density at radius 1 is 0.918 bits per heavy atom. The van der Waals surface area contributed by atoms with Crippen molar-refractivity contribution in [1.29, 1.82) is 0 Å². The summed E-state index contributed by atoms with van der Waals surface area (Å²) in [4.78, 5) is 40.6. The fourth-order valence-corrected chi connectivity index (χ4v) is 6.11. The first-order chi connectivity index (χ1) is 23.6. The number of nitrogens with one attached hydrogen (secondary N) is 2. The Labute approximate surface area is 291 Å². The maximum absolute atomic E-state index is 13.9. The number of Topliss-reactive ketones (excluding diaryl/α,β-unsaturated/α-hetero) is 2. The van der Waals surface area contributed by atoms with Crippen LogP contribution in [0.25, 0.3) is 0 Å². The summed E-state index contributed by atoms with van der Waals surface area (Å²) in [6.07, 6.45) is 3.75. The minimum atomic E-state index is -0.763. The van der Waals surface area contributed by atoms with E-state index in [4.69, 9.17) is 9.47 Å². The average Bonchev–Trinajstić information content (AvgIpc) is 3.13. The van der Waals surface area contributed by atoms with Gasteiger partial charge in [0.2, 0.25) is 11.6 Å². The number of hydrogen-bond acceptors (Lipinski definition) is 9. The van der Waals surface area contributed by atoms with Crippen molar-refractivity contribution in [3.05, 3.63) is 83.4 Å². The van der Waals surface area contributed by atoms with Crippen molar-refractivity contribution in [3.8, 4) is 5.75 Å². The average molecular weight is 669 g/mol. The number of carbonyl (C=O) groups is 3. The third-order valence-electron chi connectivity index (χ3n) is 9.65. The molecule has 4 rings (SSSR count). The normalized spacial score (nSPS) is 17.0. The van der Waals surface area contributed by atoms with E-state index in [2.05, 4.69) is 26.9 Å². The molecule has 1 unspecified atom stereocenters. The van der Waals surface area contributed by atoms with Crippen molar-refractivity contribution in [1.82, 2.24) is 5.32 Å². The summed E-state index contributed by atoms with van der Waals surface area (Å²) < 4.78 is 11.8. The number of ether oxygens (including phenoxy) is 2. The second kappa shape index (κ2) is 17.9. The largest absolute Gasteiger partial charge is 0.496 e. The highest BCUT2D eigenvalue weighted by atomic mass is 16.5. The van der Waals surface area contributed by atoms with Gasteiger partial charge in [0.05, 0.1) is 24.4 Å². The van der Waals surface area contributed by atoms with Crippen LogP contribution in [0.2, 0.25) is 0 Å². The van der Waals surface area contributed by atoms with Gasteiger partial charge < -0.3 is 20.1 Å². The molecule has 1 saturated carbocycles. The van der Waals surface area contributed by atoms with Crippen molar-refractivity contribution in [2.45, 2.75) is 78.7 Å². The van der Waals surface area contributed by atoms with E-state index in [-0.39, 0.29) is 0 Å². The quantitative estimate of drug-likeness (QED) is 0.0640. The molecule has 0 amide bonds. The van der Waals surface area contributed by atoms with Crippen molar-refractivity contribution in [2.75, 3.05) is 32.6 Å². The van der Waals surface area contributed by atoms with Crippen LogP contribution < -0.4 is 15.4 Å². The maximum Gasteiger partial charge on any atom is 0.310 e. The minimum absolute atomic E-state index is 0.401. The molecule has 1 fully saturated rings. The lowest BCUT2D eigenvalue weighted by atomic mass is 9.72. The lowest BCUT2D eigenvalue weighted by molar-refractivity contribution is -0.161. The molecule has 0 aliphatic heterocycles. The molecule has 0 saturated heterocycles. The van der Waals surface area contributed by atoms with Gasteiger partial charge >= 0.3 is 5.97 Å². The lowest BCUT2D eigenvalue weighted by Crippen LogP contribution is -2.42. The molecule has 0 spiro atoms. The number of anilines is 1. The zero-order valence-electron chi connectivity index (χ0n) is 29.9. The van der Waals surface area contributed by atoms with Gasteiger partial charge in [0.25, 0.3) is 0 Å². The van der Waals surface area contributed by atoms with Crippen LogP contribution in [0.3, 0.4) is 0 Å². The molecule has 2 N–H and O–H groups in total. The minimum Gasteiger partial charge on any atom is -0.496 e. The Kier molecular flexibility index (Phi) is 13.6. The van der Waals surface area contributed by atoms with E-state index in [9.17, 15) is 14.4 Å². The van der Waals surface area contributed by atoms with Gasteiger partial charge in [0, 0.05) is 30.1 Å². The number of benzene rings is 3. The molecule has 3 aromatic carbocycles. The van der Waals surface area contributed by atoms with E-state index in [1.165, 1.54) is 0 Å². The molecule has 262 valence electrons. The number of carbonyl (C=O) groups excluding carboxylic acids is 3. The summed E-state index contributed by atoms with van der Waals surface area (Å²) in [6, 6.07) is 21.4. The summed E-state index contributed by atoms with van der Waals surface area (Å²) in [5.41, 5.74) is 4.48. The molecule has 1 aliphatic carbocycles. The molecule has 0 aromatic heterocycles. The summed E-state index contributed by atoms with van der Waals surface area (Å²) in [7, 11) is 3.57. The Hall–Kier alpha value is -4.37. The fourth-order valence-electron chi connectivity index (χ4n) is 6.11. The van der Waals surface area contributed by atoms with Gasteiger partial charge in [0.15, 0.2) is 0 Å². The number of azo groups is 1. The highest BCUT2D eigenvalue weighted by molar-refractivity contribution is 6.40. The zero-order chi connectivity index (χ0) is 35.4. The maximum atomic E-state index is 13.9. The number of nitrogens with zero attached hydrogens (tertiary/aromatic N) is 2. The van der Waals surface area contributed by atoms with E-state index in [0.29, 0.717) is 37.8 Å². The van der Waals surface area contributed by atoms with Gasteiger partial charge in [-0.2, -0.15) is 10.2 Å². The van der Waals surface area contributed by atoms with Gasteiger partial charge in [-0.1, -0.05) is 57.9 Å². The lowest BCUT2D eigenvalue weighted by Gasteiger charge is -2.32. The second-order valence-corrected chi connectivity index (χ2v) is 13.6. The number of aryl methyl sites for hydroxylation is 2. The van der Waals surface area contributed by atoms with E-state index >= 15 is 0 Å². The van der Waals surface area contributed by atoms with Crippen LogP contribution in [0.1, 0.15) is 82.1 Å². The molecule has 0 bridgehead atoms. The van der Waals surface area contributed by atoms with Crippen molar-refractivity contribution < 1.29 is 23.9 Å². The highest BCUT2D eigenvalue weighted by Gasteiger charge is 2.43. The summed E-state index contributed by atoms with van der Waals surface area (Å²) in [6.45, 7) is 9.17. The van der Waals surface area contributed by atoms with Gasteiger partial charge in [-0.15, -0.1) is 0 Å². The van der Waals surface area contributed by atoms with Crippen molar-refractivity contribution in [2.24, 2.45) is 27.5 Å². The second-order valence-electron chi connectivity index (χ2n) is 13.6. The molecule has 49 heavy (non-hydrogen) atoms. The fraction of sp³-hybridized carbons (Fsp3) is 0.475. The van der Waals surface area contributed by atoms with Crippen LogP contribution in [-0.2, 0) is 25.5 Å². The van der Waals surface area contributed by atoms with Gasteiger partial charge in [-0.25, -0.2) is 0 Å². The van der Waals surface area contributed by atoms with E-state index < -0.39 is 40.9 Å². The molecule has 9 heteroatoms. The third kappa shape index (κ3) is 10.3. The Bertz CT molecular complexity index is 1600. The molecule has 3 aromatic rings. The monoisotopic (exact) mass is 668 g/mol. The summed E-state index contributed by atoms with van der Waals surface area (Å²) in [5, 5.41) is 15.4. The van der Waals surface area contributed by atoms with E-state index in [1.54, 1.807) is 21.0 Å². The first-order valence-corrected chi connectivity index (χ1v) is 17.5. The Morgan fingerprint density at radius 3 is 2.33 bits per heavy atom. The SMILES string of the molecule is CCC(C)(C)C(=O)C(=O)C1CCCC[C@H]1C(=O)O[C@H](CCc1ccc(C)c(OC)c1)c1cccc(N=Nc2ccc(NCCNC)cc2)c1. The topological polar surface area (TPSA) is 118 Å². The number of rotatable bonds is 17. The number of esters is 1. The smallest absolute Gasteiger partial charge is 0.310 e. The van der Waals surface area contributed by atoms with Crippen LogP contribution in [-0.4, -0.2) is 44.8 Å². The summed E-state index contributed by atoms with van der Waals surface area (Å²) in [5.74, 6) is -1.78. The number of ketones is 2. The van der Waals surface area contributed by atoms with Crippen molar-refractivity contribution in [3.63, 3.8) is 0 Å². The molecule has 0 heterocycles.